The molecule has 0 aliphatic carbocycles. The van der Waals surface area contributed by atoms with Crippen LogP contribution in [0, 0.1) is 0 Å². The number of para-hydroxylation sites is 2. The molecular formula is C19H16N4O3. The second-order valence-electron chi connectivity index (χ2n) is 6.11. The average Bonchev–Trinajstić information content (AvgIpc) is 2.97. The van der Waals surface area contributed by atoms with Crippen molar-refractivity contribution < 1.29 is 9.59 Å². The molecule has 2 amide bonds. The van der Waals surface area contributed by atoms with Crippen LogP contribution in [-0.4, -0.2) is 28.3 Å². The minimum atomic E-state index is -0.473. The van der Waals surface area contributed by atoms with Gasteiger partial charge in [-0.15, -0.1) is 0 Å². The van der Waals surface area contributed by atoms with Crippen LogP contribution in [0.15, 0.2) is 53.3 Å². The third kappa shape index (κ3) is 2.83. The van der Waals surface area contributed by atoms with E-state index in [0.29, 0.717) is 23.9 Å². The number of aromatic amines is 1. The molecular weight excluding hydrogens is 332 g/mol. The summed E-state index contributed by atoms with van der Waals surface area (Å²) < 4.78 is 0. The SMILES string of the molecule is O=C(NCC[C@H]1C(=O)Nc2ccccc21)c1nc2ccccc2c(=O)[nH]1. The monoisotopic (exact) mass is 348 g/mol. The standard InChI is InChI=1S/C19H16N4O3/c24-17-12(11-5-1-3-7-14(11)22-17)9-10-20-19(26)16-21-15-8-4-2-6-13(15)18(25)23-16/h1-8,12H,9-10H2,(H,20,26)(H,22,24)(H,21,23,25)/t12-/m1/s1. The van der Waals surface area contributed by atoms with E-state index in [2.05, 4.69) is 20.6 Å². The lowest BCUT2D eigenvalue weighted by molar-refractivity contribution is -0.117. The fourth-order valence-electron chi connectivity index (χ4n) is 3.17. The molecule has 4 rings (SSSR count). The number of hydrogen-bond acceptors (Lipinski definition) is 4. The summed E-state index contributed by atoms with van der Waals surface area (Å²) in [5.41, 5.74) is 1.86. The van der Waals surface area contributed by atoms with Gasteiger partial charge < -0.3 is 15.6 Å². The molecule has 0 spiro atoms. The Kier molecular flexibility index (Phi) is 3.96. The van der Waals surface area contributed by atoms with Crippen LogP contribution < -0.4 is 16.2 Å². The minimum Gasteiger partial charge on any atom is -0.349 e. The molecule has 7 heteroatoms. The Balaban J connectivity index is 1.45. The normalized spacial score (nSPS) is 15.5. The molecule has 26 heavy (non-hydrogen) atoms. The molecule has 0 radical (unpaired) electrons. The first-order valence-corrected chi connectivity index (χ1v) is 8.30. The number of nitrogens with zero attached hydrogens (tertiary/aromatic N) is 1. The van der Waals surface area contributed by atoms with Gasteiger partial charge in [-0.25, -0.2) is 4.98 Å². The highest BCUT2D eigenvalue weighted by atomic mass is 16.2. The molecule has 1 aliphatic heterocycles. The number of rotatable bonds is 4. The Hall–Kier alpha value is -3.48. The van der Waals surface area contributed by atoms with Gasteiger partial charge in [0.1, 0.15) is 0 Å². The van der Waals surface area contributed by atoms with Crippen LogP contribution >= 0.6 is 0 Å². The second kappa shape index (κ2) is 6.44. The molecule has 0 unspecified atom stereocenters. The van der Waals surface area contributed by atoms with Crippen molar-refractivity contribution in [1.29, 1.82) is 0 Å². The maximum Gasteiger partial charge on any atom is 0.287 e. The minimum absolute atomic E-state index is 0.0371. The molecule has 2 aromatic carbocycles. The summed E-state index contributed by atoms with van der Waals surface area (Å²) in [6.07, 6.45) is 0.465. The van der Waals surface area contributed by atoms with E-state index in [-0.39, 0.29) is 23.2 Å². The van der Waals surface area contributed by atoms with Crippen LogP contribution in [0.25, 0.3) is 10.9 Å². The Labute approximate surface area is 148 Å². The van der Waals surface area contributed by atoms with E-state index >= 15 is 0 Å². The van der Waals surface area contributed by atoms with Crippen LogP contribution in [0.4, 0.5) is 5.69 Å². The number of fused-ring (bicyclic) bond motifs is 2. The number of H-pyrrole nitrogens is 1. The second-order valence-corrected chi connectivity index (χ2v) is 6.11. The van der Waals surface area contributed by atoms with Gasteiger partial charge in [0, 0.05) is 12.2 Å². The highest BCUT2D eigenvalue weighted by Gasteiger charge is 2.29. The summed E-state index contributed by atoms with van der Waals surface area (Å²) in [5, 5.41) is 5.98. The zero-order chi connectivity index (χ0) is 18.1. The van der Waals surface area contributed by atoms with E-state index in [1.165, 1.54) is 0 Å². The molecule has 1 aromatic heterocycles. The molecule has 130 valence electrons. The van der Waals surface area contributed by atoms with Crippen LogP contribution in [0.3, 0.4) is 0 Å². The molecule has 3 aromatic rings. The van der Waals surface area contributed by atoms with Gasteiger partial charge in [0.05, 0.1) is 16.8 Å². The Morgan fingerprint density at radius 2 is 1.85 bits per heavy atom. The van der Waals surface area contributed by atoms with Gasteiger partial charge in [-0.2, -0.15) is 0 Å². The highest BCUT2D eigenvalue weighted by Crippen LogP contribution is 2.33. The number of anilines is 1. The lowest BCUT2D eigenvalue weighted by atomic mass is 9.97. The lowest BCUT2D eigenvalue weighted by Gasteiger charge is -2.10. The Morgan fingerprint density at radius 1 is 1.08 bits per heavy atom. The molecule has 1 aliphatic rings. The summed E-state index contributed by atoms with van der Waals surface area (Å²) in [5.74, 6) is -0.877. The maximum atomic E-state index is 12.3. The first kappa shape index (κ1) is 16.0. The van der Waals surface area contributed by atoms with Gasteiger partial charge in [-0.1, -0.05) is 30.3 Å². The molecule has 2 heterocycles. The fourth-order valence-corrected chi connectivity index (χ4v) is 3.17. The molecule has 0 saturated carbocycles. The summed E-state index contributed by atoms with van der Waals surface area (Å²) in [4.78, 5) is 43.1. The number of benzene rings is 2. The van der Waals surface area contributed by atoms with E-state index in [1.807, 2.05) is 24.3 Å². The van der Waals surface area contributed by atoms with Crippen molar-refractivity contribution in [1.82, 2.24) is 15.3 Å². The van der Waals surface area contributed by atoms with E-state index in [9.17, 15) is 14.4 Å². The van der Waals surface area contributed by atoms with Gasteiger partial charge in [0.2, 0.25) is 5.91 Å². The molecule has 1 atom stereocenters. The van der Waals surface area contributed by atoms with Crippen LogP contribution in [0.5, 0.6) is 0 Å². The maximum absolute atomic E-state index is 12.3. The number of nitrogens with one attached hydrogen (secondary N) is 3. The summed E-state index contributed by atoms with van der Waals surface area (Å²) in [6, 6.07) is 14.3. The van der Waals surface area contributed by atoms with Gasteiger partial charge in [-0.05, 0) is 30.2 Å². The van der Waals surface area contributed by atoms with Gasteiger partial charge in [0.15, 0.2) is 5.82 Å². The van der Waals surface area contributed by atoms with Crippen molar-refractivity contribution in [2.45, 2.75) is 12.3 Å². The molecule has 0 fully saturated rings. The number of carbonyl (C=O) groups excluding carboxylic acids is 2. The third-order valence-electron chi connectivity index (χ3n) is 4.46. The number of amides is 2. The zero-order valence-corrected chi connectivity index (χ0v) is 13.8. The Morgan fingerprint density at radius 3 is 2.73 bits per heavy atom. The number of hydrogen-bond donors (Lipinski definition) is 3. The van der Waals surface area contributed by atoms with Gasteiger partial charge >= 0.3 is 0 Å². The quantitative estimate of drug-likeness (QED) is 0.668. The fraction of sp³-hybridized carbons (Fsp3) is 0.158. The Bertz CT molecular complexity index is 1070. The predicted molar refractivity (Wildman–Crippen MR) is 97.1 cm³/mol. The first-order chi connectivity index (χ1) is 12.6. The largest absolute Gasteiger partial charge is 0.349 e. The number of aromatic nitrogens is 2. The average molecular weight is 348 g/mol. The smallest absolute Gasteiger partial charge is 0.287 e. The molecule has 0 saturated heterocycles. The zero-order valence-electron chi connectivity index (χ0n) is 13.8. The number of carbonyl (C=O) groups is 2. The summed E-state index contributed by atoms with van der Waals surface area (Å²) >= 11 is 0. The molecule has 3 N–H and O–H groups in total. The summed E-state index contributed by atoms with van der Waals surface area (Å²) in [7, 11) is 0. The summed E-state index contributed by atoms with van der Waals surface area (Å²) in [6.45, 7) is 0.293. The van der Waals surface area contributed by atoms with Crippen molar-refractivity contribution in [2.24, 2.45) is 0 Å². The highest BCUT2D eigenvalue weighted by molar-refractivity contribution is 6.02. The van der Waals surface area contributed by atoms with Gasteiger partial charge in [-0.3, -0.25) is 14.4 Å². The topological polar surface area (TPSA) is 104 Å². The van der Waals surface area contributed by atoms with Crippen molar-refractivity contribution >= 4 is 28.4 Å². The molecule has 0 bridgehead atoms. The van der Waals surface area contributed by atoms with Crippen LogP contribution in [-0.2, 0) is 4.79 Å². The first-order valence-electron chi connectivity index (χ1n) is 8.30. The van der Waals surface area contributed by atoms with Crippen molar-refractivity contribution in [2.75, 3.05) is 11.9 Å². The van der Waals surface area contributed by atoms with Crippen LogP contribution in [0.2, 0.25) is 0 Å². The van der Waals surface area contributed by atoms with Crippen molar-refractivity contribution in [3.8, 4) is 0 Å². The molecule has 7 nitrogen and oxygen atoms in total. The van der Waals surface area contributed by atoms with Crippen molar-refractivity contribution in [3.05, 3.63) is 70.3 Å². The van der Waals surface area contributed by atoms with E-state index in [1.54, 1.807) is 24.3 Å². The van der Waals surface area contributed by atoms with E-state index < -0.39 is 5.91 Å². The lowest BCUT2D eigenvalue weighted by Crippen LogP contribution is -2.30. The van der Waals surface area contributed by atoms with Crippen molar-refractivity contribution in [3.63, 3.8) is 0 Å². The third-order valence-corrected chi connectivity index (χ3v) is 4.46. The van der Waals surface area contributed by atoms with E-state index in [4.69, 9.17) is 0 Å². The van der Waals surface area contributed by atoms with Crippen LogP contribution in [0.1, 0.15) is 28.5 Å². The van der Waals surface area contributed by atoms with Gasteiger partial charge in [0.25, 0.3) is 11.5 Å². The predicted octanol–water partition coefficient (Wildman–Crippen LogP) is 1.78. The van der Waals surface area contributed by atoms with E-state index in [0.717, 1.165) is 11.3 Å².